The number of hydrogen-bond acceptors (Lipinski definition) is 10. The van der Waals surface area contributed by atoms with Gasteiger partial charge in [0.1, 0.15) is 24.4 Å². The molecule has 1 amide bonds. The minimum atomic E-state index is -0.583. The molecular weight excluding hydrogens is 618 g/mol. The number of alkyl carbamates (subject to hydrolysis) is 1. The van der Waals surface area contributed by atoms with Crippen molar-refractivity contribution in [3.63, 3.8) is 0 Å². The van der Waals surface area contributed by atoms with Gasteiger partial charge in [-0.05, 0) is 46.4 Å². The third kappa shape index (κ3) is 5.39. The van der Waals surface area contributed by atoms with Gasteiger partial charge in [-0.1, -0.05) is 54.6 Å². The van der Waals surface area contributed by atoms with Crippen molar-refractivity contribution in [3.05, 3.63) is 100 Å². The Labute approximate surface area is 277 Å². The summed E-state index contributed by atoms with van der Waals surface area (Å²) in [6, 6.07) is 21.8. The highest BCUT2D eigenvalue weighted by molar-refractivity contribution is 5.95. The van der Waals surface area contributed by atoms with Crippen molar-refractivity contribution in [2.75, 3.05) is 48.4 Å². The number of benzene rings is 4. The van der Waals surface area contributed by atoms with Gasteiger partial charge in [0.2, 0.25) is 12.5 Å². The number of epoxide rings is 1. The van der Waals surface area contributed by atoms with E-state index in [9.17, 15) is 9.59 Å². The Bertz CT molecular complexity index is 1840. The Morgan fingerprint density at radius 1 is 0.812 bits per heavy atom. The number of amides is 1. The van der Waals surface area contributed by atoms with Crippen LogP contribution in [-0.4, -0.2) is 60.4 Å². The molecule has 0 aromatic heterocycles. The van der Waals surface area contributed by atoms with Gasteiger partial charge < -0.3 is 43.2 Å². The van der Waals surface area contributed by atoms with Crippen molar-refractivity contribution in [3.8, 4) is 39.9 Å². The van der Waals surface area contributed by atoms with Crippen LogP contribution in [0.4, 0.5) is 4.79 Å². The summed E-state index contributed by atoms with van der Waals surface area (Å²) in [7, 11) is 5.81. The standard InChI is InChI=1S/C37H35NO10/c1-41-27-14-13-25(30(32(27)42-2)36(39)44-4)31-35(48-31)29-20(17-28-33(34(29)43-3)47-19-46-28)15-16-38-37(40)45-18-26-23-11-7-5-9-21(23)22-10-6-8-12-24(22)26/h5-14,17,26,31,35H,15-16,18-19H2,1-4H3,(H,38,40)/t31-,35-/m0/s1. The number of carbonyl (C=O) groups excluding carboxylic acids is 2. The second-order valence-corrected chi connectivity index (χ2v) is 11.5. The quantitative estimate of drug-likeness (QED) is 0.150. The molecule has 7 rings (SSSR count). The Hall–Kier alpha value is -5.42. The molecule has 0 radical (unpaired) electrons. The molecule has 48 heavy (non-hydrogen) atoms. The second kappa shape index (κ2) is 13.0. The highest BCUT2D eigenvalue weighted by atomic mass is 16.7. The van der Waals surface area contributed by atoms with Crippen molar-refractivity contribution < 1.29 is 47.5 Å². The van der Waals surface area contributed by atoms with Crippen LogP contribution in [0.5, 0.6) is 28.7 Å². The monoisotopic (exact) mass is 653 g/mol. The van der Waals surface area contributed by atoms with Gasteiger partial charge in [0.05, 0.1) is 28.4 Å². The van der Waals surface area contributed by atoms with Crippen molar-refractivity contribution >= 4 is 12.1 Å². The molecule has 4 aromatic rings. The number of esters is 1. The van der Waals surface area contributed by atoms with E-state index in [0.29, 0.717) is 35.0 Å². The van der Waals surface area contributed by atoms with Gasteiger partial charge in [-0.2, -0.15) is 0 Å². The zero-order valence-corrected chi connectivity index (χ0v) is 27.0. The van der Waals surface area contributed by atoms with Crippen LogP contribution in [0, 0.1) is 0 Å². The molecule has 4 aromatic carbocycles. The average molecular weight is 654 g/mol. The maximum atomic E-state index is 12.9. The Balaban J connectivity index is 1.09. The van der Waals surface area contributed by atoms with Crippen LogP contribution in [-0.2, 0) is 20.6 Å². The first kappa shape index (κ1) is 31.2. The zero-order chi connectivity index (χ0) is 33.4. The summed E-state index contributed by atoms with van der Waals surface area (Å²) < 4.78 is 45.3. The molecule has 0 unspecified atom stereocenters. The first-order valence-electron chi connectivity index (χ1n) is 15.6. The summed E-state index contributed by atoms with van der Waals surface area (Å²) in [5.41, 5.74) is 6.96. The van der Waals surface area contributed by atoms with Gasteiger partial charge in [-0.15, -0.1) is 0 Å². The topological polar surface area (TPSA) is 123 Å². The van der Waals surface area contributed by atoms with E-state index in [1.807, 2.05) is 30.3 Å². The molecule has 1 fully saturated rings. The van der Waals surface area contributed by atoms with Crippen LogP contribution in [0.3, 0.4) is 0 Å². The van der Waals surface area contributed by atoms with E-state index in [1.54, 1.807) is 19.2 Å². The van der Waals surface area contributed by atoms with Gasteiger partial charge in [0, 0.05) is 23.6 Å². The molecule has 2 atom stereocenters. The van der Waals surface area contributed by atoms with E-state index >= 15 is 0 Å². The largest absolute Gasteiger partial charge is 0.493 e. The predicted molar refractivity (Wildman–Crippen MR) is 173 cm³/mol. The normalized spacial score (nSPS) is 16.8. The minimum absolute atomic E-state index is 0.0386. The van der Waals surface area contributed by atoms with E-state index in [4.69, 9.17) is 37.9 Å². The van der Waals surface area contributed by atoms with Crippen LogP contribution in [0.2, 0.25) is 0 Å². The minimum Gasteiger partial charge on any atom is -0.493 e. The summed E-state index contributed by atoms with van der Waals surface area (Å²) in [5.74, 6) is 1.48. The SMILES string of the molecule is COC(=O)c1c([C@@H]2O[C@H]2c2c(CCNC(=O)OCC3c4ccccc4-c4ccccc43)cc3c(c2OC)OCO3)ccc(OC)c1OC. The molecule has 1 aliphatic carbocycles. The number of hydrogen-bond donors (Lipinski definition) is 1. The summed E-state index contributed by atoms with van der Waals surface area (Å²) >= 11 is 0. The van der Waals surface area contributed by atoms with Crippen LogP contribution in [0.15, 0.2) is 66.7 Å². The third-order valence-electron chi connectivity index (χ3n) is 9.01. The third-order valence-corrected chi connectivity index (χ3v) is 9.01. The van der Waals surface area contributed by atoms with E-state index in [-0.39, 0.29) is 37.2 Å². The number of methoxy groups -OCH3 is 4. The summed E-state index contributed by atoms with van der Waals surface area (Å²) in [6.45, 7) is 0.533. The fraction of sp³-hybridized carbons (Fsp3) is 0.297. The average Bonchev–Trinajstić information content (AvgIpc) is 3.64. The fourth-order valence-corrected chi connectivity index (χ4v) is 6.81. The molecule has 2 heterocycles. The number of ether oxygens (including phenoxy) is 8. The molecule has 1 N–H and O–H groups in total. The maximum absolute atomic E-state index is 12.9. The van der Waals surface area contributed by atoms with Gasteiger partial charge in [-0.3, -0.25) is 0 Å². The number of nitrogens with one attached hydrogen (secondary N) is 1. The molecule has 248 valence electrons. The van der Waals surface area contributed by atoms with Gasteiger partial charge in [0.15, 0.2) is 23.0 Å². The maximum Gasteiger partial charge on any atom is 0.407 e. The molecule has 2 aliphatic heterocycles. The van der Waals surface area contributed by atoms with Crippen LogP contribution in [0.1, 0.15) is 56.3 Å². The summed E-state index contributed by atoms with van der Waals surface area (Å²) in [6.07, 6.45) is -1.13. The van der Waals surface area contributed by atoms with Crippen LogP contribution in [0.25, 0.3) is 11.1 Å². The van der Waals surface area contributed by atoms with Crippen molar-refractivity contribution in [1.82, 2.24) is 5.32 Å². The zero-order valence-electron chi connectivity index (χ0n) is 27.0. The first-order chi connectivity index (χ1) is 23.5. The molecular formula is C37H35NO10. The highest BCUT2D eigenvalue weighted by Gasteiger charge is 2.48. The van der Waals surface area contributed by atoms with Crippen molar-refractivity contribution in [1.29, 1.82) is 0 Å². The molecule has 3 aliphatic rings. The lowest BCUT2D eigenvalue weighted by Gasteiger charge is -2.17. The summed E-state index contributed by atoms with van der Waals surface area (Å²) in [5, 5.41) is 2.89. The Morgan fingerprint density at radius 2 is 1.52 bits per heavy atom. The van der Waals surface area contributed by atoms with Crippen molar-refractivity contribution in [2.24, 2.45) is 0 Å². The van der Waals surface area contributed by atoms with E-state index in [0.717, 1.165) is 22.3 Å². The highest BCUT2D eigenvalue weighted by Crippen LogP contribution is 2.59. The molecule has 1 saturated heterocycles. The lowest BCUT2D eigenvalue weighted by atomic mass is 9.93. The lowest BCUT2D eigenvalue weighted by Crippen LogP contribution is -2.28. The predicted octanol–water partition coefficient (Wildman–Crippen LogP) is 6.12. The second-order valence-electron chi connectivity index (χ2n) is 11.5. The molecule has 11 heteroatoms. The van der Waals surface area contributed by atoms with Gasteiger partial charge >= 0.3 is 12.1 Å². The number of rotatable bonds is 11. The summed E-state index contributed by atoms with van der Waals surface area (Å²) in [4.78, 5) is 25.9. The first-order valence-corrected chi connectivity index (χ1v) is 15.6. The van der Waals surface area contributed by atoms with Gasteiger partial charge in [0.25, 0.3) is 0 Å². The molecule has 0 saturated carbocycles. The fourth-order valence-electron chi connectivity index (χ4n) is 6.81. The van der Waals surface area contributed by atoms with E-state index in [2.05, 4.69) is 29.6 Å². The number of fused-ring (bicyclic) bond motifs is 4. The van der Waals surface area contributed by atoms with Crippen molar-refractivity contribution in [2.45, 2.75) is 24.5 Å². The molecule has 11 nitrogen and oxygen atoms in total. The molecule has 0 bridgehead atoms. The van der Waals surface area contributed by atoms with Crippen LogP contribution < -0.4 is 29.0 Å². The van der Waals surface area contributed by atoms with Crippen LogP contribution >= 0.6 is 0 Å². The Morgan fingerprint density at radius 3 is 2.19 bits per heavy atom. The smallest absolute Gasteiger partial charge is 0.407 e. The van der Waals surface area contributed by atoms with Gasteiger partial charge in [-0.25, -0.2) is 9.59 Å². The molecule has 0 spiro atoms. The lowest BCUT2D eigenvalue weighted by molar-refractivity contribution is 0.0594. The van der Waals surface area contributed by atoms with E-state index in [1.165, 1.54) is 32.5 Å². The Kier molecular flexibility index (Phi) is 8.45. The van der Waals surface area contributed by atoms with E-state index < -0.39 is 24.3 Å². The number of carbonyl (C=O) groups is 2.